The second-order valence-corrected chi connectivity index (χ2v) is 12.9. The van der Waals surface area contributed by atoms with Crippen LogP contribution < -0.4 is 33.2 Å². The zero-order chi connectivity index (χ0) is 37.2. The highest BCUT2D eigenvalue weighted by Crippen LogP contribution is 2.24. The quantitative estimate of drug-likeness (QED) is 0.0536. The predicted molar refractivity (Wildman–Crippen MR) is 197 cm³/mol. The van der Waals surface area contributed by atoms with E-state index in [1.54, 1.807) is 6.20 Å². The Morgan fingerprint density at radius 3 is 2.17 bits per heavy atom. The van der Waals surface area contributed by atoms with Crippen molar-refractivity contribution < 1.29 is 24.0 Å². The Bertz CT molecular complexity index is 1940. The maximum Gasteiger partial charge on any atom is 0.243 e. The number of guanidine groups is 1. The molecule has 0 spiro atoms. The van der Waals surface area contributed by atoms with Crippen molar-refractivity contribution >= 4 is 46.4 Å². The Morgan fingerprint density at radius 2 is 1.46 bits per heavy atom. The molecule has 0 bridgehead atoms. The van der Waals surface area contributed by atoms with Gasteiger partial charge in [-0.25, -0.2) is 0 Å². The van der Waals surface area contributed by atoms with Crippen molar-refractivity contribution in [3.63, 3.8) is 0 Å². The predicted octanol–water partition coefficient (Wildman–Crippen LogP) is 0.920. The van der Waals surface area contributed by atoms with E-state index in [4.69, 9.17) is 17.2 Å². The number of hydrogen-bond donors (Lipinski definition) is 7. The van der Waals surface area contributed by atoms with Crippen LogP contribution in [0.25, 0.3) is 10.9 Å². The number of nitrogens with two attached hydrogens (primary N) is 3. The fourth-order valence-corrected chi connectivity index (χ4v) is 6.48. The number of aromatic nitrogens is 1. The van der Waals surface area contributed by atoms with E-state index in [1.165, 1.54) is 11.8 Å². The first kappa shape index (κ1) is 37.1. The van der Waals surface area contributed by atoms with Gasteiger partial charge in [0.2, 0.25) is 29.5 Å². The molecule has 10 N–H and O–H groups in total. The number of hydrogen-bond acceptors (Lipinski definition) is 6. The topological polar surface area (TPSA) is 231 Å². The summed E-state index contributed by atoms with van der Waals surface area (Å²) >= 11 is 0. The molecular formula is C38H45N9O5. The molecule has 0 aliphatic carbocycles. The lowest BCUT2D eigenvalue weighted by molar-refractivity contribution is -0.141. The zero-order valence-corrected chi connectivity index (χ0v) is 29.0. The number of carbonyl (C=O) groups is 5. The Hall–Kier alpha value is -6.18. The summed E-state index contributed by atoms with van der Waals surface area (Å²) in [6.45, 7) is 1.85. The molecule has 14 nitrogen and oxygen atoms in total. The van der Waals surface area contributed by atoms with Crippen LogP contribution in [-0.2, 0) is 49.8 Å². The molecule has 3 aromatic carbocycles. The molecule has 0 unspecified atom stereocenters. The average Bonchev–Trinajstić information content (AvgIpc) is 3.54. The summed E-state index contributed by atoms with van der Waals surface area (Å²) in [7, 11) is 0. The summed E-state index contributed by atoms with van der Waals surface area (Å²) in [6, 6.07) is 20.1. The van der Waals surface area contributed by atoms with Crippen LogP contribution in [0.15, 0.2) is 90.1 Å². The van der Waals surface area contributed by atoms with Crippen LogP contribution in [0.2, 0.25) is 0 Å². The molecule has 272 valence electrons. The number of fused-ring (bicyclic) bond motifs is 2. The van der Waals surface area contributed by atoms with E-state index in [0.29, 0.717) is 6.42 Å². The summed E-state index contributed by atoms with van der Waals surface area (Å²) in [5, 5.41) is 9.28. The van der Waals surface area contributed by atoms with Crippen LogP contribution >= 0.6 is 0 Å². The average molecular weight is 708 g/mol. The number of primary amides is 1. The van der Waals surface area contributed by atoms with E-state index in [9.17, 15) is 24.0 Å². The van der Waals surface area contributed by atoms with Gasteiger partial charge in [-0.1, -0.05) is 72.8 Å². The molecule has 0 saturated carbocycles. The van der Waals surface area contributed by atoms with Crippen molar-refractivity contribution in [3.05, 3.63) is 107 Å². The van der Waals surface area contributed by atoms with E-state index in [0.717, 1.165) is 33.2 Å². The SMILES string of the molecule is CC(=O)N1Cc2ccccc2C[C@@H]1C(=O)N[C@H](Cc1ccccc1)C(=O)N[C@@H](CCCN=C(N)N)C(=O)N[C@@H](Cc1c[nH]c2ccccc12)C(N)=O. The highest BCUT2D eigenvalue weighted by atomic mass is 16.2. The van der Waals surface area contributed by atoms with Gasteiger partial charge < -0.3 is 43.0 Å². The minimum atomic E-state index is -1.14. The Morgan fingerprint density at radius 1 is 0.808 bits per heavy atom. The van der Waals surface area contributed by atoms with Crippen molar-refractivity contribution in [2.24, 2.45) is 22.2 Å². The normalized spacial score (nSPS) is 15.4. The standard InChI is InChI=1S/C38H45N9O5/c1-23(48)47-22-26-13-6-5-12-25(26)20-33(47)37(52)46-32(18-24-10-3-2-4-11-24)36(51)44-30(16-9-17-42-38(40)41)35(50)45-31(34(39)49)19-27-21-43-29-15-8-7-14-28(27)29/h2-8,10-15,21,30-33,43H,9,16-20,22H2,1H3,(H2,39,49)(H,44,51)(H,45,50)(H,46,52)(H4,40,41,42)/t30-,31-,32+,33+/m0/s1. The Labute approximate surface area is 301 Å². The number of aliphatic imine (C=N–C) groups is 1. The van der Waals surface area contributed by atoms with Crippen molar-refractivity contribution in [3.8, 4) is 0 Å². The number of para-hydroxylation sites is 1. The van der Waals surface area contributed by atoms with Crippen LogP contribution in [0.5, 0.6) is 0 Å². The van der Waals surface area contributed by atoms with Gasteiger partial charge in [0, 0.05) is 56.4 Å². The number of rotatable bonds is 15. The van der Waals surface area contributed by atoms with Gasteiger partial charge in [0.05, 0.1) is 0 Å². The van der Waals surface area contributed by atoms with Crippen LogP contribution in [0.4, 0.5) is 0 Å². The minimum absolute atomic E-state index is 0.106. The number of carbonyl (C=O) groups excluding carboxylic acids is 5. The van der Waals surface area contributed by atoms with E-state index < -0.39 is 47.8 Å². The van der Waals surface area contributed by atoms with Gasteiger partial charge in [-0.2, -0.15) is 0 Å². The molecule has 4 atom stereocenters. The second-order valence-electron chi connectivity index (χ2n) is 12.9. The van der Waals surface area contributed by atoms with E-state index >= 15 is 0 Å². The van der Waals surface area contributed by atoms with Crippen molar-refractivity contribution in [1.29, 1.82) is 0 Å². The number of nitrogens with one attached hydrogen (secondary N) is 4. The molecule has 14 heteroatoms. The first-order valence-corrected chi connectivity index (χ1v) is 17.2. The van der Waals surface area contributed by atoms with Crippen LogP contribution in [-0.4, -0.2) is 76.1 Å². The summed E-state index contributed by atoms with van der Waals surface area (Å²) < 4.78 is 0. The molecule has 2 heterocycles. The zero-order valence-electron chi connectivity index (χ0n) is 29.0. The summed E-state index contributed by atoms with van der Waals surface area (Å²) in [5.41, 5.74) is 21.0. The summed E-state index contributed by atoms with van der Waals surface area (Å²) in [4.78, 5) is 75.8. The highest BCUT2D eigenvalue weighted by molar-refractivity contribution is 5.96. The van der Waals surface area contributed by atoms with Crippen molar-refractivity contribution in [2.75, 3.05) is 6.54 Å². The monoisotopic (exact) mass is 707 g/mol. The van der Waals surface area contributed by atoms with Crippen molar-refractivity contribution in [1.82, 2.24) is 25.8 Å². The highest BCUT2D eigenvalue weighted by Gasteiger charge is 2.36. The lowest BCUT2D eigenvalue weighted by Crippen LogP contribution is -2.59. The van der Waals surface area contributed by atoms with Gasteiger partial charge in [-0.15, -0.1) is 0 Å². The Balaban J connectivity index is 1.36. The lowest BCUT2D eigenvalue weighted by atomic mass is 9.93. The number of nitrogens with zero attached hydrogens (tertiary/aromatic N) is 2. The van der Waals surface area contributed by atoms with Crippen molar-refractivity contribution in [2.45, 2.75) is 69.7 Å². The maximum atomic E-state index is 14.1. The van der Waals surface area contributed by atoms with Gasteiger partial charge >= 0.3 is 0 Å². The molecule has 1 aliphatic heterocycles. The smallest absolute Gasteiger partial charge is 0.243 e. The minimum Gasteiger partial charge on any atom is -0.370 e. The number of aromatic amines is 1. The third kappa shape index (κ3) is 9.53. The first-order chi connectivity index (χ1) is 25.0. The summed E-state index contributed by atoms with van der Waals surface area (Å²) in [6.07, 6.45) is 2.68. The van der Waals surface area contributed by atoms with E-state index in [2.05, 4.69) is 25.9 Å². The first-order valence-electron chi connectivity index (χ1n) is 17.2. The number of benzene rings is 3. The van der Waals surface area contributed by atoms with Crippen LogP contribution in [0.3, 0.4) is 0 Å². The third-order valence-electron chi connectivity index (χ3n) is 9.21. The third-order valence-corrected chi connectivity index (χ3v) is 9.21. The maximum absolute atomic E-state index is 14.1. The molecule has 1 aliphatic rings. The molecule has 4 aromatic rings. The lowest BCUT2D eigenvalue weighted by Gasteiger charge is -2.36. The fraction of sp³-hybridized carbons (Fsp3) is 0.316. The Kier molecular flexibility index (Phi) is 12.2. The molecule has 1 aromatic heterocycles. The molecule has 52 heavy (non-hydrogen) atoms. The molecular weight excluding hydrogens is 662 g/mol. The molecule has 0 saturated heterocycles. The second kappa shape index (κ2) is 17.2. The van der Waals surface area contributed by atoms with Crippen LogP contribution in [0.1, 0.15) is 42.0 Å². The largest absolute Gasteiger partial charge is 0.370 e. The molecule has 5 amide bonds. The molecule has 0 fully saturated rings. The van der Waals surface area contributed by atoms with E-state index in [-0.39, 0.29) is 50.6 Å². The van der Waals surface area contributed by atoms with Gasteiger partial charge in [0.15, 0.2) is 5.96 Å². The number of amides is 5. The molecule has 0 radical (unpaired) electrons. The van der Waals surface area contributed by atoms with Gasteiger partial charge in [-0.05, 0) is 41.2 Å². The van der Waals surface area contributed by atoms with Gasteiger partial charge in [0.25, 0.3) is 0 Å². The van der Waals surface area contributed by atoms with Gasteiger partial charge in [-0.3, -0.25) is 29.0 Å². The number of H-pyrrole nitrogens is 1. The van der Waals surface area contributed by atoms with E-state index in [1.807, 2.05) is 78.9 Å². The fourth-order valence-electron chi connectivity index (χ4n) is 6.48. The summed E-state index contributed by atoms with van der Waals surface area (Å²) in [5.74, 6) is -2.90. The van der Waals surface area contributed by atoms with Crippen LogP contribution in [0, 0.1) is 0 Å². The van der Waals surface area contributed by atoms with Gasteiger partial charge in [0.1, 0.15) is 24.2 Å². The molecule has 5 rings (SSSR count).